The van der Waals surface area contributed by atoms with Gasteiger partial charge >= 0.3 is 0 Å². The highest BCUT2D eigenvalue weighted by molar-refractivity contribution is 6.31. The third kappa shape index (κ3) is 5.93. The molecular formula is C33H37ClFN3O2. The Labute approximate surface area is 241 Å². The van der Waals surface area contributed by atoms with Crippen LogP contribution in [0.2, 0.25) is 5.02 Å². The number of benzene rings is 3. The molecule has 2 saturated heterocycles. The largest absolute Gasteiger partial charge is 0.331 e. The Bertz CT molecular complexity index is 1370. The van der Waals surface area contributed by atoms with Crippen molar-refractivity contribution in [3.8, 4) is 0 Å². The Morgan fingerprint density at radius 1 is 0.975 bits per heavy atom. The first-order valence-corrected chi connectivity index (χ1v) is 14.6. The quantitative estimate of drug-likeness (QED) is 0.343. The van der Waals surface area contributed by atoms with Crippen molar-refractivity contribution in [2.24, 2.45) is 5.92 Å². The van der Waals surface area contributed by atoms with Gasteiger partial charge in [-0.05, 0) is 93.5 Å². The third-order valence-corrected chi connectivity index (χ3v) is 8.91. The number of piperidine rings is 1. The summed E-state index contributed by atoms with van der Waals surface area (Å²) in [5.74, 6) is -1.61. The zero-order chi connectivity index (χ0) is 28.4. The van der Waals surface area contributed by atoms with Crippen molar-refractivity contribution in [3.05, 3.63) is 99.3 Å². The van der Waals surface area contributed by atoms with Gasteiger partial charge in [0, 0.05) is 29.8 Å². The van der Waals surface area contributed by atoms with Crippen LogP contribution < -0.4 is 5.32 Å². The molecule has 1 N–H and O–H groups in total. The maximum absolute atomic E-state index is 14.9. The molecule has 0 aliphatic carbocycles. The molecular weight excluding hydrogens is 525 g/mol. The van der Waals surface area contributed by atoms with Gasteiger partial charge in [0.2, 0.25) is 5.91 Å². The summed E-state index contributed by atoms with van der Waals surface area (Å²) in [6, 6.07) is 18.4. The van der Waals surface area contributed by atoms with Gasteiger partial charge in [-0.25, -0.2) is 4.39 Å². The molecule has 2 aliphatic rings. The van der Waals surface area contributed by atoms with Gasteiger partial charge in [-0.1, -0.05) is 54.1 Å². The molecule has 3 aromatic carbocycles. The predicted molar refractivity (Wildman–Crippen MR) is 158 cm³/mol. The summed E-state index contributed by atoms with van der Waals surface area (Å²) in [5, 5.41) is 3.60. The number of likely N-dealkylation sites (tertiary alicyclic amines) is 2. The molecule has 0 unspecified atom stereocenters. The van der Waals surface area contributed by atoms with E-state index in [4.69, 9.17) is 11.6 Å². The topological polar surface area (TPSA) is 52.7 Å². The minimum absolute atomic E-state index is 0.0681. The fraction of sp³-hybridized carbons (Fsp3) is 0.394. The second kappa shape index (κ2) is 12.1. The molecule has 5 rings (SSSR count). The lowest BCUT2D eigenvalue weighted by Crippen LogP contribution is -2.46. The molecule has 210 valence electrons. The fourth-order valence-corrected chi connectivity index (χ4v) is 6.33. The highest BCUT2D eigenvalue weighted by Gasteiger charge is 2.40. The lowest BCUT2D eigenvalue weighted by atomic mass is 9.83. The first-order chi connectivity index (χ1) is 19.2. The summed E-state index contributed by atoms with van der Waals surface area (Å²) in [6.45, 7) is 8.34. The van der Waals surface area contributed by atoms with Crippen LogP contribution in [0.4, 0.5) is 10.1 Å². The smallest absolute Gasteiger partial charge is 0.257 e. The zero-order valence-corrected chi connectivity index (χ0v) is 24.2. The van der Waals surface area contributed by atoms with E-state index in [-0.39, 0.29) is 17.4 Å². The molecule has 0 spiro atoms. The van der Waals surface area contributed by atoms with Crippen molar-refractivity contribution in [2.45, 2.75) is 65.1 Å². The summed E-state index contributed by atoms with van der Waals surface area (Å²) in [5.41, 5.74) is 4.27. The van der Waals surface area contributed by atoms with E-state index >= 15 is 0 Å². The molecule has 2 aliphatic heterocycles. The normalized spacial score (nSPS) is 21.4. The van der Waals surface area contributed by atoms with E-state index in [1.54, 1.807) is 30.0 Å². The van der Waals surface area contributed by atoms with E-state index in [9.17, 15) is 14.0 Å². The van der Waals surface area contributed by atoms with Crippen LogP contribution in [0.15, 0.2) is 60.7 Å². The third-order valence-electron chi connectivity index (χ3n) is 8.50. The van der Waals surface area contributed by atoms with E-state index in [2.05, 4.69) is 29.3 Å². The van der Waals surface area contributed by atoms with Gasteiger partial charge < -0.3 is 10.2 Å². The van der Waals surface area contributed by atoms with Crippen molar-refractivity contribution in [3.63, 3.8) is 0 Å². The van der Waals surface area contributed by atoms with E-state index in [1.807, 2.05) is 31.2 Å². The Balaban J connectivity index is 1.47. The molecule has 5 nitrogen and oxygen atoms in total. The minimum atomic E-state index is -0.542. The Morgan fingerprint density at radius 3 is 2.40 bits per heavy atom. The molecule has 0 bridgehead atoms. The summed E-state index contributed by atoms with van der Waals surface area (Å²) >= 11 is 6.31. The van der Waals surface area contributed by atoms with Crippen LogP contribution in [0, 0.1) is 25.6 Å². The first-order valence-electron chi connectivity index (χ1n) is 14.2. The maximum atomic E-state index is 14.9. The lowest BCUT2D eigenvalue weighted by Gasteiger charge is -2.41. The van der Waals surface area contributed by atoms with Crippen LogP contribution in [0.1, 0.15) is 71.3 Å². The second-order valence-electron chi connectivity index (χ2n) is 11.3. The van der Waals surface area contributed by atoms with Crippen molar-refractivity contribution in [1.82, 2.24) is 9.80 Å². The van der Waals surface area contributed by atoms with Crippen molar-refractivity contribution in [1.29, 1.82) is 0 Å². The number of hydrogen-bond donors (Lipinski definition) is 1. The van der Waals surface area contributed by atoms with E-state index in [0.717, 1.165) is 24.2 Å². The van der Waals surface area contributed by atoms with Gasteiger partial charge in [0.25, 0.3) is 5.91 Å². The number of hydrogen-bond acceptors (Lipinski definition) is 3. The number of nitrogens with one attached hydrogen (secondary N) is 1. The van der Waals surface area contributed by atoms with E-state index < -0.39 is 17.8 Å². The van der Waals surface area contributed by atoms with Crippen molar-refractivity contribution >= 4 is 29.1 Å². The number of halogens is 2. The van der Waals surface area contributed by atoms with Gasteiger partial charge in [-0.3, -0.25) is 14.5 Å². The number of amides is 2. The number of carbonyl (C=O) groups excluding carboxylic acids is 2. The SMILES string of the molecule is Cc1ccc(NC(=O)[C@H]2CCCN(C(=O)c3c(C)cccc3F)[C@H]2c2ccc(CN3CCC[C@H]3C)cc2)cc1Cl. The molecule has 40 heavy (non-hydrogen) atoms. The Morgan fingerprint density at radius 2 is 1.73 bits per heavy atom. The van der Waals surface area contributed by atoms with E-state index in [0.29, 0.717) is 41.7 Å². The van der Waals surface area contributed by atoms with Gasteiger partial charge in [-0.2, -0.15) is 0 Å². The van der Waals surface area contributed by atoms with Gasteiger partial charge in [0.15, 0.2) is 0 Å². The van der Waals surface area contributed by atoms with Gasteiger partial charge in [-0.15, -0.1) is 0 Å². The molecule has 3 atom stereocenters. The van der Waals surface area contributed by atoms with Gasteiger partial charge in [0.1, 0.15) is 5.82 Å². The van der Waals surface area contributed by atoms with Crippen LogP contribution in [0.5, 0.6) is 0 Å². The molecule has 2 amide bonds. The molecule has 0 saturated carbocycles. The zero-order valence-electron chi connectivity index (χ0n) is 23.4. The second-order valence-corrected chi connectivity index (χ2v) is 11.7. The van der Waals surface area contributed by atoms with Crippen molar-refractivity contribution in [2.75, 3.05) is 18.4 Å². The average molecular weight is 562 g/mol. The number of rotatable bonds is 6. The first kappa shape index (κ1) is 28.3. The van der Waals surface area contributed by atoms with Crippen LogP contribution in [-0.2, 0) is 11.3 Å². The predicted octanol–water partition coefficient (Wildman–Crippen LogP) is 7.31. The molecule has 2 fully saturated rings. The van der Waals surface area contributed by atoms with Gasteiger partial charge in [0.05, 0.1) is 17.5 Å². The number of anilines is 1. The van der Waals surface area contributed by atoms with Crippen molar-refractivity contribution < 1.29 is 14.0 Å². The highest BCUT2D eigenvalue weighted by atomic mass is 35.5. The molecule has 0 radical (unpaired) electrons. The summed E-state index contributed by atoms with van der Waals surface area (Å²) in [6.07, 6.45) is 3.70. The number of nitrogens with zero attached hydrogens (tertiary/aromatic N) is 2. The minimum Gasteiger partial charge on any atom is -0.331 e. The van der Waals surface area contributed by atoms with Crippen LogP contribution in [-0.4, -0.2) is 40.7 Å². The maximum Gasteiger partial charge on any atom is 0.257 e. The summed E-state index contributed by atoms with van der Waals surface area (Å²) in [4.78, 5) is 31.8. The number of carbonyl (C=O) groups is 2. The number of aryl methyl sites for hydroxylation is 2. The highest BCUT2D eigenvalue weighted by Crippen LogP contribution is 2.39. The van der Waals surface area contributed by atoms with Crippen LogP contribution in [0.25, 0.3) is 0 Å². The average Bonchev–Trinajstić information content (AvgIpc) is 3.34. The molecule has 3 aromatic rings. The fourth-order valence-electron chi connectivity index (χ4n) is 6.14. The Hall–Kier alpha value is -3.22. The van der Waals surface area contributed by atoms with E-state index in [1.165, 1.54) is 24.5 Å². The lowest BCUT2D eigenvalue weighted by molar-refractivity contribution is -0.123. The molecule has 7 heteroatoms. The molecule has 0 aromatic heterocycles. The molecule has 2 heterocycles. The Kier molecular flexibility index (Phi) is 8.57. The monoisotopic (exact) mass is 561 g/mol. The summed E-state index contributed by atoms with van der Waals surface area (Å²) in [7, 11) is 0. The van der Waals surface area contributed by atoms with Crippen LogP contribution in [0.3, 0.4) is 0 Å². The summed E-state index contributed by atoms with van der Waals surface area (Å²) < 4.78 is 14.9. The van der Waals surface area contributed by atoms with Crippen LogP contribution >= 0.6 is 11.6 Å². The standard InChI is InChI=1S/C33H37ClFN3O2/c1-21-11-16-26(19-28(21)34)36-32(39)27-9-6-18-38(33(40)30-22(2)7-4-10-29(30)35)31(27)25-14-12-24(13-15-25)20-37-17-5-8-23(37)3/h4,7,10-16,19,23,27,31H,5-6,8-9,17-18,20H2,1-3H3,(H,36,39)/t23-,27+,31+/m1/s1.